The molecular formula is C79H47F31O16. The molecule has 0 radical (unpaired) electrons. The molecule has 16 nitrogen and oxygen atoms in total. The molecule has 0 aliphatic heterocycles. The van der Waals surface area contributed by atoms with E-state index in [4.69, 9.17) is 31.5 Å². The summed E-state index contributed by atoms with van der Waals surface area (Å²) in [5, 5.41) is 0. The van der Waals surface area contributed by atoms with E-state index in [0.29, 0.717) is 12.1 Å². The molecule has 0 heterocycles. The number of ether oxygens (including phenoxy) is 8. The van der Waals surface area contributed by atoms with Crippen molar-refractivity contribution in [3.05, 3.63) is 335 Å². The van der Waals surface area contributed by atoms with Gasteiger partial charge in [-0.3, -0.25) is 0 Å². The Labute approximate surface area is 717 Å². The Hall–Kier alpha value is -14.7. The fraction of sp³-hybridized carbons (Fsp3) is 0.0886. The highest BCUT2D eigenvalue weighted by molar-refractivity contribution is 5.91. The monoisotopic (exact) mass is 1860 g/mol. The molecule has 676 valence electrons. The second-order valence-electron chi connectivity index (χ2n) is 20.6. The van der Waals surface area contributed by atoms with Crippen molar-refractivity contribution in [1.82, 2.24) is 0 Å². The maximum atomic E-state index is 13.1. The van der Waals surface area contributed by atoms with Gasteiger partial charge in [0.05, 0.1) is 31.8 Å². The summed E-state index contributed by atoms with van der Waals surface area (Å²) >= 11 is 0. The minimum Gasteiger partial charge on any atom is -0.423 e. The molecule has 0 aromatic heterocycles. The minimum absolute atomic E-state index is 0.0771. The Balaban J connectivity index is 0.000000854. The second kappa shape index (κ2) is 48.2. The van der Waals surface area contributed by atoms with Gasteiger partial charge in [-0.2, -0.15) is 87.8 Å². The van der Waals surface area contributed by atoms with Gasteiger partial charge in [-0.25, -0.2) is 86.7 Å². The zero-order chi connectivity index (χ0) is 117. The predicted octanol–water partition coefficient (Wildman–Crippen LogP) is 22.5. The zero-order valence-electron chi connectivity index (χ0n) is 83.0. The smallest absolute Gasteiger partial charge is 0.416 e. The van der Waals surface area contributed by atoms with Crippen LogP contribution in [0, 0.1) is 105 Å². The van der Waals surface area contributed by atoms with E-state index in [1.807, 2.05) is 0 Å². The summed E-state index contributed by atoms with van der Waals surface area (Å²) < 4.78 is 588. The number of carbonyl (C=O) groups is 8. The van der Waals surface area contributed by atoms with Gasteiger partial charge in [0.15, 0.2) is 40.7 Å². The number of benzene rings is 8. The van der Waals surface area contributed by atoms with Crippen LogP contribution in [0.4, 0.5) is 136 Å². The fourth-order valence-corrected chi connectivity index (χ4v) is 5.99. The number of rotatable bonds is 16. The van der Waals surface area contributed by atoms with E-state index in [9.17, 15) is 174 Å². The van der Waals surface area contributed by atoms with E-state index in [0.717, 1.165) is 30.3 Å². The number of alkyl halides is 9. The lowest BCUT2D eigenvalue weighted by Crippen LogP contribution is -2.13. The Morgan fingerprint density at radius 2 is 0.595 bits per heavy atom. The Kier molecular flexibility index (Phi) is 28.7. The first kappa shape index (κ1) is 75.0. The van der Waals surface area contributed by atoms with Gasteiger partial charge in [0, 0.05) is 69.0 Å². The molecule has 126 heavy (non-hydrogen) atoms. The Bertz CT molecular complexity index is 6230. The largest absolute Gasteiger partial charge is 0.423 e. The first-order chi connectivity index (χ1) is 67.2. The van der Waals surface area contributed by atoms with E-state index >= 15 is 0 Å². The lowest BCUT2D eigenvalue weighted by atomic mass is 10.2. The third kappa shape index (κ3) is 35.4. The van der Waals surface area contributed by atoms with E-state index in [1.54, 1.807) is 0 Å². The molecular weight excluding hydrogens is 1790 g/mol. The number of hydrogen-bond acceptors (Lipinski definition) is 16. The molecule has 0 amide bonds. The van der Waals surface area contributed by atoms with Crippen molar-refractivity contribution in [3.63, 3.8) is 0 Å². The van der Waals surface area contributed by atoms with Crippen molar-refractivity contribution in [1.29, 1.82) is 0 Å². The highest BCUT2D eigenvalue weighted by Crippen LogP contribution is 2.36. The van der Waals surface area contributed by atoms with Crippen LogP contribution in [0.15, 0.2) is 213 Å². The lowest BCUT2D eigenvalue weighted by Gasteiger charge is -2.08. The van der Waals surface area contributed by atoms with Crippen LogP contribution in [0.3, 0.4) is 0 Å². The molecule has 0 saturated carbocycles. The van der Waals surface area contributed by atoms with E-state index in [1.165, 1.54) is 0 Å². The van der Waals surface area contributed by atoms with Crippen molar-refractivity contribution in [3.8, 4) is 46.0 Å². The van der Waals surface area contributed by atoms with Crippen LogP contribution in [-0.2, 0) is 56.9 Å². The van der Waals surface area contributed by atoms with E-state index in [2.05, 4.69) is 90.5 Å². The number of hydrogen-bond donors (Lipinski definition) is 0. The van der Waals surface area contributed by atoms with Crippen LogP contribution in [0.1, 0.15) is 75.6 Å². The molecule has 0 fully saturated rings. The summed E-state index contributed by atoms with van der Waals surface area (Å²) in [7, 11) is 0. The average Bonchev–Trinajstić information content (AvgIpc) is 0.763. The molecule has 0 aliphatic rings. The van der Waals surface area contributed by atoms with E-state index < -0.39 is 373 Å². The molecule has 0 spiro atoms. The van der Waals surface area contributed by atoms with Crippen LogP contribution in [0.2, 0.25) is 0 Å². The Morgan fingerprint density at radius 3 is 0.929 bits per heavy atom. The van der Waals surface area contributed by atoms with Gasteiger partial charge in [0.2, 0.25) is 98.7 Å². The van der Waals surface area contributed by atoms with Crippen molar-refractivity contribution in [2.45, 2.75) is 45.9 Å². The van der Waals surface area contributed by atoms with Crippen molar-refractivity contribution in [2.24, 2.45) is 0 Å². The lowest BCUT2D eigenvalue weighted by molar-refractivity contribution is -0.138. The van der Waals surface area contributed by atoms with Crippen LogP contribution < -0.4 is 37.9 Å². The highest BCUT2D eigenvalue weighted by Gasteiger charge is 2.35. The standard InChI is InChI=1S/3C11H9F3O2.C10H8F2O2.C9H2F6O2.2C9H3F5O2.C9H4F4O2/c3*1-7(2)10(15)16-9-5-3-4-8(6-9)11(12,13)14;1-6(2)10(13)14-9-4-7(11)3-8(12)5-9;1-2(10)9(16)17-8-6(14)4(12)3(11)5(13)7(8)15;2*1-3(10)9(15)16-8-6(13)4(11)2-5(12)7(8)14;1-4(10)9(14)15-6-3-2-5(11)7(12)8(6)13/h3*3-6H,1H2,2H3;3-5H,1H2,2H3;1H2;2*2H,1H2;2-3H,1H2/i2*2D3,3D,4D,5D,6D;2*2D3;;2D;;2D,3D. The molecule has 0 aliphatic carbocycles. The fourth-order valence-electron chi connectivity index (χ4n) is 5.99. The van der Waals surface area contributed by atoms with Crippen LogP contribution in [0.5, 0.6) is 46.0 Å². The van der Waals surface area contributed by atoms with Gasteiger partial charge < -0.3 is 37.9 Å². The third-order valence-corrected chi connectivity index (χ3v) is 11.3. The van der Waals surface area contributed by atoms with Gasteiger partial charge in [0.25, 0.3) is 0 Å². The van der Waals surface area contributed by atoms with Gasteiger partial charge in [0.1, 0.15) is 34.6 Å². The van der Waals surface area contributed by atoms with Crippen LogP contribution in [-0.4, -0.2) is 47.8 Å². The van der Waals surface area contributed by atoms with Gasteiger partial charge >= 0.3 is 66.3 Å². The van der Waals surface area contributed by atoms with Gasteiger partial charge in [-0.15, -0.1) is 0 Å². The average molecular weight is 1860 g/mol. The molecule has 0 unspecified atom stereocenters. The summed E-state index contributed by atoms with van der Waals surface area (Å²) in [5.74, 6) is -65.5. The first-order valence-electron chi connectivity index (χ1n) is 41.5. The van der Waals surface area contributed by atoms with Crippen molar-refractivity contribution in [2.75, 3.05) is 0 Å². The number of esters is 8. The second-order valence-corrected chi connectivity index (χ2v) is 20.6. The highest BCUT2D eigenvalue weighted by atomic mass is 19.4. The molecule has 8 rings (SSSR count). The molecule has 0 saturated heterocycles. The van der Waals surface area contributed by atoms with Crippen LogP contribution >= 0.6 is 0 Å². The summed E-state index contributed by atoms with van der Waals surface area (Å²) in [6.07, 6.45) is -15.0. The number of carbonyl (C=O) groups excluding carboxylic acids is 8. The Morgan fingerprint density at radius 1 is 0.286 bits per heavy atom. The summed E-state index contributed by atoms with van der Waals surface area (Å²) in [6.45, 7) is 10.4. The van der Waals surface area contributed by atoms with E-state index in [-0.39, 0.29) is 6.07 Å². The van der Waals surface area contributed by atoms with Gasteiger partial charge in [-0.1, -0.05) is 70.8 Å². The molecule has 0 atom stereocenters. The summed E-state index contributed by atoms with van der Waals surface area (Å²) in [4.78, 5) is 88.2. The zero-order valence-corrected chi connectivity index (χ0v) is 60.0. The normalized spacial score (nSPS) is 13.4. The quantitative estimate of drug-likeness (QED) is 0.0220. The predicted molar refractivity (Wildman–Crippen MR) is 371 cm³/mol. The maximum Gasteiger partial charge on any atom is 0.416 e. The summed E-state index contributed by atoms with van der Waals surface area (Å²) in [6, 6.07) is -9.08. The molecule has 47 heteroatoms. The SMILES string of the molecule is C=C(F)C(=O)Oc1c(F)c(F)c(F)c(F)c1F.C=C(F)C(=O)Oc1c(F)c(F)cc(F)c1F.[2H]C([2H])([2H])C(=C)C(=O)Oc1cc(F)cc(F)c1.[2H]C([2H])([2H])C(=C)C(=O)Oc1cccc(C(F)(F)F)c1.[2H]c1c(F)c(F)c(OC(=O)C(=C)F)c(F)c1F.[2H]c1c([2H])c(OC(=O)C(=C)C([2H])([2H])[2H])c([2H])c(C(F)(F)F)c1[2H].[2H]c1c([2H])c(OC(=O)C(=C)C([2H])([2H])[2H])c([2H])c(C(F)(F)F)c1[2H].[2H]c1c([2H])c(OC(=O)C(=C)F)c(F)c(F)c1F. The molecule has 8 aromatic carbocycles. The minimum atomic E-state index is -5.19. The van der Waals surface area contributed by atoms with Gasteiger partial charge in [-0.05, 0) is 93.9 Å². The molecule has 0 N–H and O–H groups in total. The summed E-state index contributed by atoms with van der Waals surface area (Å²) in [5.41, 5.74) is -8.41. The molecule has 0 bridgehead atoms. The first-order valence-corrected chi connectivity index (χ1v) is 30.0. The van der Waals surface area contributed by atoms with Crippen molar-refractivity contribution < 1.29 is 244 Å². The van der Waals surface area contributed by atoms with Crippen LogP contribution in [0.25, 0.3) is 0 Å². The molecule has 8 aromatic rings. The topological polar surface area (TPSA) is 210 Å². The third-order valence-electron chi connectivity index (χ3n) is 11.3. The van der Waals surface area contributed by atoms with Crippen molar-refractivity contribution >= 4 is 47.8 Å². The number of halogens is 31. The maximum absolute atomic E-state index is 13.1.